The monoisotopic (exact) mass is 263 g/mol. The molecular formula is C16H29N3. The molecule has 3 heteroatoms. The number of rotatable bonds is 8. The van der Waals surface area contributed by atoms with E-state index in [4.69, 9.17) is 0 Å². The Labute approximate surface area is 118 Å². The molecule has 1 rings (SSSR count). The van der Waals surface area contributed by atoms with Crippen molar-refractivity contribution in [3.63, 3.8) is 0 Å². The predicted octanol–water partition coefficient (Wildman–Crippen LogP) is 3.31. The van der Waals surface area contributed by atoms with E-state index in [0.29, 0.717) is 5.92 Å². The summed E-state index contributed by atoms with van der Waals surface area (Å²) in [7, 11) is 2.17. The third kappa shape index (κ3) is 6.06. The van der Waals surface area contributed by atoms with Crippen LogP contribution in [0.25, 0.3) is 0 Å². The summed E-state index contributed by atoms with van der Waals surface area (Å²) in [5, 5.41) is 3.49. The minimum atomic E-state index is 0.679. The normalized spacial score (nSPS) is 11.3. The van der Waals surface area contributed by atoms with Gasteiger partial charge in [-0.2, -0.15) is 0 Å². The molecule has 0 aliphatic heterocycles. The minimum Gasteiger partial charge on any atom is -0.374 e. The van der Waals surface area contributed by atoms with Gasteiger partial charge in [0.25, 0.3) is 0 Å². The number of hydrogen-bond acceptors (Lipinski definition) is 3. The molecule has 0 aromatic carbocycles. The zero-order valence-electron chi connectivity index (χ0n) is 13.1. The molecule has 1 aromatic rings. The summed E-state index contributed by atoms with van der Waals surface area (Å²) >= 11 is 0. The molecule has 1 aromatic heterocycles. The Bertz CT molecular complexity index is 361. The maximum Gasteiger partial charge on any atom is 0.0440 e. The van der Waals surface area contributed by atoms with Crippen LogP contribution in [0.4, 0.5) is 5.69 Å². The van der Waals surface area contributed by atoms with Gasteiger partial charge < -0.3 is 10.2 Å². The van der Waals surface area contributed by atoms with Crippen LogP contribution in [-0.4, -0.2) is 25.1 Å². The standard InChI is InChI=1S/C16H29N3/c1-13(2)7-9-19(5)16-6-8-17-11-15(16)12-18-10-14(3)4/h6,8,11,13-14,18H,7,9-10,12H2,1-5H3. The van der Waals surface area contributed by atoms with Gasteiger partial charge in [-0.1, -0.05) is 27.7 Å². The number of nitrogens with zero attached hydrogens (tertiary/aromatic N) is 2. The summed E-state index contributed by atoms with van der Waals surface area (Å²) in [4.78, 5) is 6.60. The second-order valence-electron chi connectivity index (χ2n) is 6.13. The van der Waals surface area contributed by atoms with E-state index in [-0.39, 0.29) is 0 Å². The highest BCUT2D eigenvalue weighted by atomic mass is 15.1. The first kappa shape index (κ1) is 16.0. The van der Waals surface area contributed by atoms with Crippen LogP contribution in [0.5, 0.6) is 0 Å². The zero-order chi connectivity index (χ0) is 14.3. The highest BCUT2D eigenvalue weighted by molar-refractivity contribution is 5.51. The lowest BCUT2D eigenvalue weighted by Crippen LogP contribution is -2.24. The summed E-state index contributed by atoms with van der Waals surface area (Å²) in [5.74, 6) is 1.42. The van der Waals surface area contributed by atoms with E-state index < -0.39 is 0 Å². The van der Waals surface area contributed by atoms with Crippen LogP contribution in [0, 0.1) is 11.8 Å². The van der Waals surface area contributed by atoms with E-state index in [1.807, 2.05) is 12.4 Å². The van der Waals surface area contributed by atoms with Gasteiger partial charge in [0.15, 0.2) is 0 Å². The van der Waals surface area contributed by atoms with E-state index in [1.54, 1.807) is 0 Å². The SMILES string of the molecule is CC(C)CCN(C)c1ccncc1CNCC(C)C. The Morgan fingerprint density at radius 2 is 1.95 bits per heavy atom. The molecule has 0 aliphatic carbocycles. The van der Waals surface area contributed by atoms with Gasteiger partial charge >= 0.3 is 0 Å². The van der Waals surface area contributed by atoms with Crippen molar-refractivity contribution in [1.82, 2.24) is 10.3 Å². The van der Waals surface area contributed by atoms with Crippen LogP contribution < -0.4 is 10.2 Å². The number of anilines is 1. The highest BCUT2D eigenvalue weighted by Gasteiger charge is 2.08. The third-order valence-corrected chi connectivity index (χ3v) is 3.20. The first-order valence-electron chi connectivity index (χ1n) is 7.35. The fourth-order valence-corrected chi connectivity index (χ4v) is 2.00. The van der Waals surface area contributed by atoms with Crippen molar-refractivity contribution in [3.8, 4) is 0 Å². The molecule has 0 amide bonds. The van der Waals surface area contributed by atoms with Crippen molar-refractivity contribution in [2.75, 3.05) is 25.0 Å². The van der Waals surface area contributed by atoms with Gasteiger partial charge in [0, 0.05) is 43.8 Å². The maximum atomic E-state index is 4.25. The molecule has 0 fully saturated rings. The van der Waals surface area contributed by atoms with Crippen LogP contribution >= 0.6 is 0 Å². The molecule has 0 aliphatic rings. The Morgan fingerprint density at radius 3 is 2.58 bits per heavy atom. The van der Waals surface area contributed by atoms with Gasteiger partial charge in [-0.25, -0.2) is 0 Å². The van der Waals surface area contributed by atoms with Gasteiger partial charge in [0.05, 0.1) is 0 Å². The first-order chi connectivity index (χ1) is 9.00. The smallest absolute Gasteiger partial charge is 0.0440 e. The second-order valence-corrected chi connectivity index (χ2v) is 6.13. The molecule has 0 saturated heterocycles. The van der Waals surface area contributed by atoms with Crippen LogP contribution in [0.15, 0.2) is 18.5 Å². The fraction of sp³-hybridized carbons (Fsp3) is 0.688. The van der Waals surface area contributed by atoms with Crippen LogP contribution in [0.3, 0.4) is 0 Å². The van der Waals surface area contributed by atoms with E-state index in [2.05, 4.69) is 56.0 Å². The van der Waals surface area contributed by atoms with E-state index in [0.717, 1.165) is 25.6 Å². The second kappa shape index (κ2) is 8.16. The number of aromatic nitrogens is 1. The Hall–Kier alpha value is -1.09. The molecule has 1 heterocycles. The minimum absolute atomic E-state index is 0.679. The molecule has 0 radical (unpaired) electrons. The van der Waals surface area contributed by atoms with Crippen molar-refractivity contribution in [3.05, 3.63) is 24.0 Å². The largest absolute Gasteiger partial charge is 0.374 e. The average molecular weight is 263 g/mol. The van der Waals surface area contributed by atoms with E-state index in [9.17, 15) is 0 Å². The van der Waals surface area contributed by atoms with Crippen molar-refractivity contribution < 1.29 is 0 Å². The topological polar surface area (TPSA) is 28.2 Å². The summed E-state index contributed by atoms with van der Waals surface area (Å²) in [6, 6.07) is 2.12. The Morgan fingerprint density at radius 1 is 1.21 bits per heavy atom. The van der Waals surface area contributed by atoms with Crippen LogP contribution in [-0.2, 0) is 6.54 Å². The van der Waals surface area contributed by atoms with Crippen molar-refractivity contribution >= 4 is 5.69 Å². The zero-order valence-corrected chi connectivity index (χ0v) is 13.1. The molecule has 0 saturated carbocycles. The summed E-state index contributed by atoms with van der Waals surface area (Å²) in [5.41, 5.74) is 2.58. The molecule has 0 unspecified atom stereocenters. The molecular weight excluding hydrogens is 234 g/mol. The van der Waals surface area contributed by atoms with Crippen molar-refractivity contribution in [1.29, 1.82) is 0 Å². The van der Waals surface area contributed by atoms with Gasteiger partial charge in [0.1, 0.15) is 0 Å². The summed E-state index contributed by atoms with van der Waals surface area (Å²) in [6.45, 7) is 12.0. The Kier molecular flexibility index (Phi) is 6.85. The molecule has 0 spiro atoms. The molecule has 108 valence electrons. The first-order valence-corrected chi connectivity index (χ1v) is 7.35. The molecule has 1 N–H and O–H groups in total. The molecule has 0 bridgehead atoms. The molecule has 19 heavy (non-hydrogen) atoms. The van der Waals surface area contributed by atoms with E-state index >= 15 is 0 Å². The third-order valence-electron chi connectivity index (χ3n) is 3.20. The van der Waals surface area contributed by atoms with Crippen molar-refractivity contribution in [2.24, 2.45) is 11.8 Å². The average Bonchev–Trinajstić information content (AvgIpc) is 2.36. The van der Waals surface area contributed by atoms with Crippen molar-refractivity contribution in [2.45, 2.75) is 40.7 Å². The maximum absolute atomic E-state index is 4.25. The lowest BCUT2D eigenvalue weighted by Gasteiger charge is -2.23. The van der Waals surface area contributed by atoms with E-state index in [1.165, 1.54) is 17.7 Å². The van der Waals surface area contributed by atoms with Gasteiger partial charge in [0.2, 0.25) is 0 Å². The Balaban J connectivity index is 2.61. The molecule has 0 atom stereocenters. The quantitative estimate of drug-likeness (QED) is 0.780. The number of pyridine rings is 1. The lowest BCUT2D eigenvalue weighted by molar-refractivity contribution is 0.550. The van der Waals surface area contributed by atoms with Crippen LogP contribution in [0.1, 0.15) is 39.7 Å². The lowest BCUT2D eigenvalue weighted by atomic mass is 10.1. The molecule has 3 nitrogen and oxygen atoms in total. The summed E-state index contributed by atoms with van der Waals surface area (Å²) in [6.07, 6.45) is 5.08. The van der Waals surface area contributed by atoms with Gasteiger partial charge in [-0.05, 0) is 30.9 Å². The summed E-state index contributed by atoms with van der Waals surface area (Å²) < 4.78 is 0. The fourth-order valence-electron chi connectivity index (χ4n) is 2.00. The number of hydrogen-bond donors (Lipinski definition) is 1. The van der Waals surface area contributed by atoms with Gasteiger partial charge in [-0.15, -0.1) is 0 Å². The predicted molar refractivity (Wildman–Crippen MR) is 83.5 cm³/mol. The van der Waals surface area contributed by atoms with Crippen LogP contribution in [0.2, 0.25) is 0 Å². The number of nitrogens with one attached hydrogen (secondary N) is 1. The van der Waals surface area contributed by atoms with Gasteiger partial charge in [-0.3, -0.25) is 4.98 Å². The highest BCUT2D eigenvalue weighted by Crippen LogP contribution is 2.18.